The summed E-state index contributed by atoms with van der Waals surface area (Å²) in [4.78, 5) is 35.4. The summed E-state index contributed by atoms with van der Waals surface area (Å²) in [5.41, 5.74) is -1.48. The van der Waals surface area contributed by atoms with Gasteiger partial charge in [-0.15, -0.1) is 0 Å². The van der Waals surface area contributed by atoms with Crippen molar-refractivity contribution in [3.63, 3.8) is 0 Å². The highest BCUT2D eigenvalue weighted by Gasteiger charge is 2.53. The lowest BCUT2D eigenvalue weighted by Crippen LogP contribution is -2.64. The molecule has 10 heteroatoms. The number of hydrogen-bond acceptors (Lipinski definition) is 7. The third-order valence-corrected chi connectivity index (χ3v) is 6.19. The Morgan fingerprint density at radius 2 is 1.34 bits per heavy atom. The summed E-state index contributed by atoms with van der Waals surface area (Å²) in [6, 6.07) is 10.8. The number of carbonyl (C=O) groups is 3. The van der Waals surface area contributed by atoms with E-state index in [9.17, 15) is 14.4 Å². The molecular formula is C22H32N2O8. The fraction of sp³-hybridized carbons (Fsp3) is 0.591. The number of piperidine rings is 2. The lowest BCUT2D eigenvalue weighted by Gasteiger charge is -2.56. The summed E-state index contributed by atoms with van der Waals surface area (Å²) >= 11 is 0. The van der Waals surface area contributed by atoms with Gasteiger partial charge < -0.3 is 35.0 Å². The predicted molar refractivity (Wildman–Crippen MR) is 114 cm³/mol. The molecule has 10 nitrogen and oxygen atoms in total. The molecule has 0 atom stereocenters. The number of carboxylic acids is 3. The fourth-order valence-electron chi connectivity index (χ4n) is 4.98. The quantitative estimate of drug-likeness (QED) is 0.458. The summed E-state index contributed by atoms with van der Waals surface area (Å²) in [5.74, 6) is -3.93. The van der Waals surface area contributed by atoms with Crippen LogP contribution in [0.4, 0.5) is 0 Å². The summed E-state index contributed by atoms with van der Waals surface area (Å²) in [6.45, 7) is 4.46. The number of hydrogen-bond donors (Lipinski definition) is 4. The SMILES string of the molecule is COC1(c2ccccc2)C2CN(C)CC1CN(C)C2.O=C(O)CC(O)(CC(=O)O)C(=O)O. The van der Waals surface area contributed by atoms with E-state index in [0.717, 1.165) is 26.2 Å². The van der Waals surface area contributed by atoms with Crippen LogP contribution in [0.15, 0.2) is 30.3 Å². The molecule has 0 radical (unpaired) electrons. The van der Waals surface area contributed by atoms with Gasteiger partial charge in [-0.2, -0.15) is 0 Å². The number of nitrogens with zero attached hydrogens (tertiary/aromatic N) is 2. The molecule has 0 unspecified atom stereocenters. The van der Waals surface area contributed by atoms with Gasteiger partial charge in [-0.3, -0.25) is 9.59 Å². The summed E-state index contributed by atoms with van der Waals surface area (Å²) < 4.78 is 6.18. The number of aliphatic carboxylic acids is 3. The monoisotopic (exact) mass is 452 g/mol. The van der Waals surface area contributed by atoms with Crippen molar-refractivity contribution in [2.75, 3.05) is 47.4 Å². The van der Waals surface area contributed by atoms with Gasteiger partial charge in [0.2, 0.25) is 0 Å². The minimum Gasteiger partial charge on any atom is -0.481 e. The molecule has 0 spiro atoms. The minimum atomic E-state index is -2.74. The van der Waals surface area contributed by atoms with E-state index in [4.69, 9.17) is 25.2 Å². The van der Waals surface area contributed by atoms with Crippen molar-refractivity contribution in [2.24, 2.45) is 11.8 Å². The van der Waals surface area contributed by atoms with Crippen molar-refractivity contribution in [1.29, 1.82) is 0 Å². The first-order valence-corrected chi connectivity index (χ1v) is 10.3. The Morgan fingerprint density at radius 1 is 0.938 bits per heavy atom. The van der Waals surface area contributed by atoms with E-state index in [-0.39, 0.29) is 5.60 Å². The molecule has 32 heavy (non-hydrogen) atoms. The van der Waals surface area contributed by atoms with Gasteiger partial charge in [-0.05, 0) is 19.7 Å². The standard InChI is InChI=1S/C16H24N2O.C6H8O7/c1-17-9-14-11-18(2)12-15(10-17)16(14,19-3)13-7-5-4-6-8-13;7-3(8)1-6(13,5(11)12)2-4(9)10/h4-8,14-15H,9-12H2,1-3H3;13H,1-2H2,(H,7,8)(H,9,10)(H,11,12). The van der Waals surface area contributed by atoms with Crippen molar-refractivity contribution in [3.8, 4) is 0 Å². The Balaban J connectivity index is 0.000000247. The highest BCUT2D eigenvalue weighted by molar-refractivity contribution is 5.88. The molecule has 2 fully saturated rings. The molecular weight excluding hydrogens is 420 g/mol. The average molecular weight is 453 g/mol. The molecule has 1 aromatic rings. The maximum absolute atomic E-state index is 10.3. The van der Waals surface area contributed by atoms with E-state index < -0.39 is 36.4 Å². The van der Waals surface area contributed by atoms with E-state index in [1.807, 2.05) is 7.11 Å². The van der Waals surface area contributed by atoms with Crippen molar-refractivity contribution in [2.45, 2.75) is 24.0 Å². The van der Waals surface area contributed by atoms with Gasteiger partial charge in [0.15, 0.2) is 5.60 Å². The molecule has 0 aromatic heterocycles. The van der Waals surface area contributed by atoms with Crippen LogP contribution < -0.4 is 0 Å². The fourth-order valence-corrected chi connectivity index (χ4v) is 4.98. The van der Waals surface area contributed by atoms with Gasteiger partial charge in [0.25, 0.3) is 0 Å². The van der Waals surface area contributed by atoms with Gasteiger partial charge >= 0.3 is 17.9 Å². The van der Waals surface area contributed by atoms with E-state index in [1.165, 1.54) is 5.56 Å². The number of carboxylic acid groups (broad SMARTS) is 3. The zero-order valence-corrected chi connectivity index (χ0v) is 18.6. The number of aliphatic hydroxyl groups is 1. The van der Waals surface area contributed by atoms with E-state index in [0.29, 0.717) is 11.8 Å². The number of fused-ring (bicyclic) bond motifs is 2. The molecule has 0 saturated carbocycles. The predicted octanol–water partition coefficient (Wildman–Crippen LogP) is 0.403. The summed E-state index contributed by atoms with van der Waals surface area (Å²) in [5, 5.41) is 33.8. The number of likely N-dealkylation sites (tertiary alicyclic amines) is 2. The number of rotatable bonds is 7. The Morgan fingerprint density at radius 3 is 1.66 bits per heavy atom. The second kappa shape index (κ2) is 10.4. The third-order valence-electron chi connectivity index (χ3n) is 6.19. The molecule has 2 heterocycles. The normalized spacial score (nSPS) is 26.0. The molecule has 4 N–H and O–H groups in total. The van der Waals surface area contributed by atoms with Crippen LogP contribution in [0.25, 0.3) is 0 Å². The summed E-state index contributed by atoms with van der Waals surface area (Å²) in [6.07, 6.45) is -2.29. The Hall–Kier alpha value is -2.53. The first-order valence-electron chi connectivity index (χ1n) is 10.3. The molecule has 3 rings (SSSR count). The number of ether oxygens (including phenoxy) is 1. The maximum atomic E-state index is 10.3. The first kappa shape index (κ1) is 25.7. The van der Waals surface area contributed by atoms with E-state index in [2.05, 4.69) is 54.2 Å². The van der Waals surface area contributed by atoms with E-state index >= 15 is 0 Å². The van der Waals surface area contributed by atoms with Gasteiger partial charge in [0.1, 0.15) is 5.60 Å². The minimum absolute atomic E-state index is 0.0969. The second-order valence-corrected chi connectivity index (χ2v) is 8.68. The van der Waals surface area contributed by atoms with Gasteiger partial charge in [0, 0.05) is 45.1 Å². The summed E-state index contributed by atoms with van der Waals surface area (Å²) in [7, 11) is 6.36. The smallest absolute Gasteiger partial charge is 0.336 e. The van der Waals surface area contributed by atoms with Crippen molar-refractivity contribution in [3.05, 3.63) is 35.9 Å². The lowest BCUT2D eigenvalue weighted by atomic mass is 9.66. The van der Waals surface area contributed by atoms with Crippen molar-refractivity contribution < 1.29 is 39.5 Å². The van der Waals surface area contributed by atoms with Crippen LogP contribution >= 0.6 is 0 Å². The van der Waals surface area contributed by atoms with Crippen LogP contribution in [0.5, 0.6) is 0 Å². The Bertz CT molecular complexity index is 769. The van der Waals surface area contributed by atoms with Crippen LogP contribution in [-0.2, 0) is 24.7 Å². The zero-order valence-electron chi connectivity index (χ0n) is 18.6. The van der Waals surface area contributed by atoms with E-state index in [1.54, 1.807) is 0 Å². The lowest BCUT2D eigenvalue weighted by molar-refractivity contribution is -0.178. The highest BCUT2D eigenvalue weighted by atomic mass is 16.5. The molecule has 2 aliphatic rings. The maximum Gasteiger partial charge on any atom is 0.336 e. The van der Waals surface area contributed by atoms with Crippen LogP contribution in [-0.4, -0.2) is 101 Å². The number of benzene rings is 1. The molecule has 178 valence electrons. The Kier molecular flexibility index (Phi) is 8.35. The van der Waals surface area contributed by atoms with Gasteiger partial charge in [0.05, 0.1) is 12.8 Å². The van der Waals surface area contributed by atoms with Crippen LogP contribution in [0.2, 0.25) is 0 Å². The number of methoxy groups -OCH3 is 1. The van der Waals surface area contributed by atoms with Crippen molar-refractivity contribution in [1.82, 2.24) is 9.80 Å². The highest BCUT2D eigenvalue weighted by Crippen LogP contribution is 2.47. The largest absolute Gasteiger partial charge is 0.481 e. The second-order valence-electron chi connectivity index (χ2n) is 8.68. The zero-order chi connectivity index (χ0) is 24.1. The van der Waals surface area contributed by atoms with Gasteiger partial charge in [-0.25, -0.2) is 4.79 Å². The Labute approximate surface area is 187 Å². The molecule has 1 aromatic carbocycles. The molecule has 2 bridgehead atoms. The average Bonchev–Trinajstić information content (AvgIpc) is 2.67. The van der Waals surface area contributed by atoms with Crippen molar-refractivity contribution >= 4 is 17.9 Å². The van der Waals surface area contributed by atoms with Crippen LogP contribution in [0, 0.1) is 11.8 Å². The van der Waals surface area contributed by atoms with Crippen LogP contribution in [0.1, 0.15) is 18.4 Å². The third kappa shape index (κ3) is 5.63. The molecule has 0 amide bonds. The molecule has 2 saturated heterocycles. The van der Waals surface area contributed by atoms with Crippen LogP contribution in [0.3, 0.4) is 0 Å². The van der Waals surface area contributed by atoms with Gasteiger partial charge in [-0.1, -0.05) is 30.3 Å². The topological polar surface area (TPSA) is 148 Å². The molecule has 0 aliphatic carbocycles. The first-order chi connectivity index (χ1) is 14.9. The molecule has 2 aliphatic heterocycles.